The third-order valence-corrected chi connectivity index (χ3v) is 0.135. The zero-order valence-corrected chi connectivity index (χ0v) is 5.81. The van der Waals surface area contributed by atoms with Crippen LogP contribution in [0, 0.1) is 0 Å². The van der Waals surface area contributed by atoms with Crippen LogP contribution in [0.5, 0.6) is 0 Å². The molecule has 0 aromatic heterocycles. The largest absolute Gasteiger partial charge is 0.480 e. The van der Waals surface area contributed by atoms with E-state index in [0.717, 1.165) is 0 Å². The zero-order valence-electron chi connectivity index (χ0n) is 3.53. The SMILES string of the molecule is N.O=C(O)CO.[Pt]. The molecule has 0 rings (SSSR count). The monoisotopic (exact) mass is 288 g/mol. The van der Waals surface area contributed by atoms with Crippen LogP contribution in [0.15, 0.2) is 0 Å². The first-order valence-corrected chi connectivity index (χ1v) is 1.10. The zero-order chi connectivity index (χ0) is 4.28. The van der Waals surface area contributed by atoms with E-state index in [2.05, 4.69) is 0 Å². The second-order valence-electron chi connectivity index (χ2n) is 0.552. The molecule has 48 valence electrons. The van der Waals surface area contributed by atoms with Crippen molar-refractivity contribution >= 4 is 5.97 Å². The van der Waals surface area contributed by atoms with E-state index >= 15 is 0 Å². The number of aliphatic carboxylic acids is 1. The summed E-state index contributed by atoms with van der Waals surface area (Å²) in [4.78, 5) is 9.12. The first kappa shape index (κ1) is 15.7. The molecular formula is C2H7NO3Pt. The Morgan fingerprint density at radius 2 is 1.71 bits per heavy atom. The molecule has 0 aromatic rings. The Kier molecular flexibility index (Phi) is 21.2. The molecule has 5 heteroatoms. The van der Waals surface area contributed by atoms with Crippen LogP contribution in [-0.4, -0.2) is 22.8 Å². The van der Waals surface area contributed by atoms with Crippen molar-refractivity contribution in [3.05, 3.63) is 0 Å². The van der Waals surface area contributed by atoms with Crippen molar-refractivity contribution in [3.63, 3.8) is 0 Å². The third-order valence-electron chi connectivity index (χ3n) is 0.135. The molecule has 0 spiro atoms. The maximum atomic E-state index is 9.12. The van der Waals surface area contributed by atoms with Crippen molar-refractivity contribution in [2.24, 2.45) is 0 Å². The molecule has 0 aromatic carbocycles. The van der Waals surface area contributed by atoms with Crippen molar-refractivity contribution in [3.8, 4) is 0 Å². The van der Waals surface area contributed by atoms with Gasteiger partial charge in [0.1, 0.15) is 6.61 Å². The van der Waals surface area contributed by atoms with Gasteiger partial charge in [0.2, 0.25) is 0 Å². The Morgan fingerprint density at radius 1 is 1.57 bits per heavy atom. The molecule has 0 aliphatic heterocycles. The van der Waals surface area contributed by atoms with Crippen molar-refractivity contribution in [2.45, 2.75) is 0 Å². The van der Waals surface area contributed by atoms with Gasteiger partial charge in [-0.15, -0.1) is 0 Å². The Balaban J connectivity index is -0.0000000800. The van der Waals surface area contributed by atoms with Crippen molar-refractivity contribution in [1.82, 2.24) is 6.15 Å². The first-order valence-electron chi connectivity index (χ1n) is 1.10. The standard InChI is InChI=1S/C2H4O3.H3N.Pt/c3-1-2(4)5;;/h3H,1H2,(H,4,5);1H3;. The minimum atomic E-state index is -1.19. The molecule has 5 N–H and O–H groups in total. The van der Waals surface area contributed by atoms with E-state index in [-0.39, 0.29) is 27.2 Å². The summed E-state index contributed by atoms with van der Waals surface area (Å²) in [5, 5.41) is 15.0. The number of hydrogen-bond donors (Lipinski definition) is 3. The van der Waals surface area contributed by atoms with Gasteiger partial charge in [0.05, 0.1) is 0 Å². The Hall–Kier alpha value is 0.0783. The van der Waals surface area contributed by atoms with E-state index in [0.29, 0.717) is 0 Å². The van der Waals surface area contributed by atoms with Gasteiger partial charge in [-0.05, 0) is 0 Å². The van der Waals surface area contributed by atoms with Gasteiger partial charge >= 0.3 is 5.97 Å². The van der Waals surface area contributed by atoms with Gasteiger partial charge in [-0.3, -0.25) is 0 Å². The molecule has 0 fully saturated rings. The van der Waals surface area contributed by atoms with Gasteiger partial charge in [-0.1, -0.05) is 0 Å². The van der Waals surface area contributed by atoms with Crippen LogP contribution in [0.2, 0.25) is 0 Å². The van der Waals surface area contributed by atoms with E-state index in [9.17, 15) is 0 Å². The van der Waals surface area contributed by atoms with Crippen LogP contribution in [0.3, 0.4) is 0 Å². The quantitative estimate of drug-likeness (QED) is 0.590. The number of aliphatic hydroxyl groups excluding tert-OH is 1. The van der Waals surface area contributed by atoms with Gasteiger partial charge in [-0.25, -0.2) is 4.79 Å². The number of carbonyl (C=O) groups is 1. The van der Waals surface area contributed by atoms with Crippen LogP contribution >= 0.6 is 0 Å². The molecule has 0 heterocycles. The summed E-state index contributed by atoms with van der Waals surface area (Å²) >= 11 is 0. The average Bonchev–Trinajstić information content (AvgIpc) is 1.38. The summed E-state index contributed by atoms with van der Waals surface area (Å²) in [6.07, 6.45) is 0. The predicted octanol–water partition coefficient (Wildman–Crippen LogP) is -0.777. The second kappa shape index (κ2) is 9.42. The van der Waals surface area contributed by atoms with E-state index < -0.39 is 12.6 Å². The molecule has 0 radical (unpaired) electrons. The van der Waals surface area contributed by atoms with Gasteiger partial charge in [0, 0.05) is 21.1 Å². The molecule has 0 unspecified atom stereocenters. The normalized spacial score (nSPS) is 5.29. The first-order chi connectivity index (χ1) is 2.27. The number of rotatable bonds is 1. The van der Waals surface area contributed by atoms with Gasteiger partial charge < -0.3 is 16.4 Å². The van der Waals surface area contributed by atoms with Gasteiger partial charge in [0.15, 0.2) is 0 Å². The number of hydrogen-bond acceptors (Lipinski definition) is 3. The number of carboxylic acids is 1. The van der Waals surface area contributed by atoms with Crippen molar-refractivity contribution in [2.75, 3.05) is 6.61 Å². The topological polar surface area (TPSA) is 92.5 Å². The predicted molar refractivity (Wildman–Crippen MR) is 19.7 cm³/mol. The molecule has 0 aliphatic rings. The van der Waals surface area contributed by atoms with Crippen LogP contribution < -0.4 is 6.15 Å². The molecule has 0 bridgehead atoms. The smallest absolute Gasteiger partial charge is 0.329 e. The summed E-state index contributed by atoms with van der Waals surface area (Å²) in [5.74, 6) is -1.19. The summed E-state index contributed by atoms with van der Waals surface area (Å²) in [6.45, 7) is -0.778. The van der Waals surface area contributed by atoms with E-state index in [4.69, 9.17) is 15.0 Å². The Morgan fingerprint density at radius 3 is 1.71 bits per heavy atom. The minimum absolute atomic E-state index is 0. The Labute approximate surface area is 55.4 Å². The van der Waals surface area contributed by atoms with Crippen molar-refractivity contribution in [1.29, 1.82) is 0 Å². The molecule has 4 nitrogen and oxygen atoms in total. The summed E-state index contributed by atoms with van der Waals surface area (Å²) in [6, 6.07) is 0. The van der Waals surface area contributed by atoms with Gasteiger partial charge in [0.25, 0.3) is 0 Å². The fourth-order valence-electron chi connectivity index (χ4n) is 0. The van der Waals surface area contributed by atoms with E-state index in [1.165, 1.54) is 0 Å². The molecule has 0 aliphatic carbocycles. The van der Waals surface area contributed by atoms with E-state index in [1.807, 2.05) is 0 Å². The van der Waals surface area contributed by atoms with Gasteiger partial charge in [-0.2, -0.15) is 0 Å². The maximum Gasteiger partial charge on any atom is 0.329 e. The molecule has 7 heavy (non-hydrogen) atoms. The molecule has 0 amide bonds. The summed E-state index contributed by atoms with van der Waals surface area (Å²) in [5.41, 5.74) is 0. The fraction of sp³-hybridized carbons (Fsp3) is 0.500. The summed E-state index contributed by atoms with van der Waals surface area (Å²) in [7, 11) is 0. The Bertz CT molecular complexity index is 48.2. The fourth-order valence-corrected chi connectivity index (χ4v) is 0. The molecular weight excluding hydrogens is 281 g/mol. The average molecular weight is 288 g/mol. The van der Waals surface area contributed by atoms with Crippen LogP contribution in [0.25, 0.3) is 0 Å². The third kappa shape index (κ3) is 23.4. The minimum Gasteiger partial charge on any atom is -0.480 e. The number of aliphatic hydroxyl groups is 1. The maximum absolute atomic E-state index is 9.12. The summed E-state index contributed by atoms with van der Waals surface area (Å²) < 4.78 is 0. The second-order valence-corrected chi connectivity index (χ2v) is 0.552. The molecule has 0 saturated heterocycles. The van der Waals surface area contributed by atoms with Crippen LogP contribution in [0.4, 0.5) is 0 Å². The molecule has 0 atom stereocenters. The van der Waals surface area contributed by atoms with Crippen LogP contribution in [-0.2, 0) is 25.9 Å². The van der Waals surface area contributed by atoms with Crippen LogP contribution in [0.1, 0.15) is 0 Å². The van der Waals surface area contributed by atoms with Crippen molar-refractivity contribution < 1.29 is 36.1 Å². The van der Waals surface area contributed by atoms with E-state index in [1.54, 1.807) is 0 Å². The molecule has 0 saturated carbocycles. The number of carboxylic acid groups (broad SMARTS) is 1.